The van der Waals surface area contributed by atoms with Crippen molar-refractivity contribution in [3.8, 4) is 5.88 Å². The highest BCUT2D eigenvalue weighted by Crippen LogP contribution is 2.18. The van der Waals surface area contributed by atoms with Gasteiger partial charge in [0.25, 0.3) is 0 Å². The molecule has 23 heavy (non-hydrogen) atoms. The molecule has 0 fully saturated rings. The summed E-state index contributed by atoms with van der Waals surface area (Å²) in [5.74, 6) is 0.395. The van der Waals surface area contributed by atoms with Gasteiger partial charge in [0.15, 0.2) is 0 Å². The van der Waals surface area contributed by atoms with Crippen molar-refractivity contribution in [2.75, 3.05) is 7.11 Å². The van der Waals surface area contributed by atoms with Crippen molar-refractivity contribution >= 4 is 20.9 Å². The third-order valence-corrected chi connectivity index (χ3v) is 4.74. The number of methoxy groups -OCH3 is 1. The lowest BCUT2D eigenvalue weighted by molar-refractivity contribution is 0.392. The van der Waals surface area contributed by atoms with Gasteiger partial charge in [-0.2, -0.15) is 0 Å². The molecule has 0 radical (unpaired) electrons. The number of benzene rings is 1. The van der Waals surface area contributed by atoms with Gasteiger partial charge in [-0.3, -0.25) is 4.98 Å². The molecule has 2 aromatic heterocycles. The Labute approximate surface area is 134 Å². The van der Waals surface area contributed by atoms with Crippen LogP contribution in [-0.4, -0.2) is 25.5 Å². The number of aromatic nitrogens is 2. The number of sulfonamides is 1. The fraction of sp³-hybridized carbons (Fsp3) is 0.125. The maximum Gasteiger partial charge on any atom is 0.242 e. The van der Waals surface area contributed by atoms with Gasteiger partial charge in [-0.1, -0.05) is 24.3 Å². The summed E-state index contributed by atoms with van der Waals surface area (Å²) in [6.07, 6.45) is 2.94. The van der Waals surface area contributed by atoms with Gasteiger partial charge in [0.2, 0.25) is 15.9 Å². The summed E-state index contributed by atoms with van der Waals surface area (Å²) in [5, 5.41) is 0.773. The van der Waals surface area contributed by atoms with Crippen LogP contribution in [0.15, 0.2) is 59.8 Å². The van der Waals surface area contributed by atoms with Crippen molar-refractivity contribution in [2.45, 2.75) is 11.4 Å². The average Bonchev–Trinajstić information content (AvgIpc) is 2.60. The zero-order valence-electron chi connectivity index (χ0n) is 12.4. The highest BCUT2D eigenvalue weighted by molar-refractivity contribution is 7.89. The second-order valence-corrected chi connectivity index (χ2v) is 6.63. The number of ether oxygens (including phenoxy) is 1. The van der Waals surface area contributed by atoms with Crippen LogP contribution in [0, 0.1) is 0 Å². The molecule has 1 N–H and O–H groups in total. The molecule has 0 spiro atoms. The van der Waals surface area contributed by atoms with E-state index in [1.54, 1.807) is 24.4 Å². The molecule has 7 heteroatoms. The van der Waals surface area contributed by atoms with E-state index in [4.69, 9.17) is 4.74 Å². The molecule has 2 heterocycles. The first kappa shape index (κ1) is 15.4. The lowest BCUT2D eigenvalue weighted by Crippen LogP contribution is -2.23. The number of rotatable bonds is 5. The Morgan fingerprint density at radius 3 is 2.78 bits per heavy atom. The van der Waals surface area contributed by atoms with Crippen LogP contribution in [0.3, 0.4) is 0 Å². The van der Waals surface area contributed by atoms with E-state index < -0.39 is 10.0 Å². The quantitative estimate of drug-likeness (QED) is 0.775. The lowest BCUT2D eigenvalue weighted by Gasteiger charge is -2.09. The van der Waals surface area contributed by atoms with Gasteiger partial charge in [-0.25, -0.2) is 18.1 Å². The van der Waals surface area contributed by atoms with Crippen LogP contribution in [0.25, 0.3) is 10.9 Å². The Kier molecular flexibility index (Phi) is 4.22. The van der Waals surface area contributed by atoms with Crippen LogP contribution >= 0.6 is 0 Å². The Balaban J connectivity index is 1.85. The van der Waals surface area contributed by atoms with Crippen LogP contribution in [0.1, 0.15) is 5.56 Å². The van der Waals surface area contributed by atoms with Crippen molar-refractivity contribution in [1.82, 2.24) is 14.7 Å². The number of fused-ring (bicyclic) bond motifs is 1. The molecular weight excluding hydrogens is 314 g/mol. The SMILES string of the molecule is COc1ncccc1CNS(=O)(=O)c1cnc2ccccc2c1. The maximum atomic E-state index is 12.4. The zero-order valence-corrected chi connectivity index (χ0v) is 13.2. The number of hydrogen-bond acceptors (Lipinski definition) is 5. The number of nitrogens with zero attached hydrogens (tertiary/aromatic N) is 2. The fourth-order valence-corrected chi connectivity index (χ4v) is 3.18. The first-order valence-electron chi connectivity index (χ1n) is 6.92. The molecule has 1 aromatic carbocycles. The second-order valence-electron chi connectivity index (χ2n) is 4.86. The minimum absolute atomic E-state index is 0.0895. The highest BCUT2D eigenvalue weighted by atomic mass is 32.2. The van der Waals surface area contributed by atoms with Crippen LogP contribution in [-0.2, 0) is 16.6 Å². The van der Waals surface area contributed by atoms with Gasteiger partial charge < -0.3 is 4.74 Å². The molecule has 0 bridgehead atoms. The highest BCUT2D eigenvalue weighted by Gasteiger charge is 2.16. The minimum Gasteiger partial charge on any atom is -0.481 e. The van der Waals surface area contributed by atoms with Crippen LogP contribution in [0.4, 0.5) is 0 Å². The molecule has 3 rings (SSSR count). The van der Waals surface area contributed by atoms with E-state index in [1.165, 1.54) is 13.3 Å². The monoisotopic (exact) mass is 329 g/mol. The Morgan fingerprint density at radius 1 is 1.13 bits per heavy atom. The van der Waals surface area contributed by atoms with Gasteiger partial charge in [-0.05, 0) is 18.2 Å². The van der Waals surface area contributed by atoms with E-state index >= 15 is 0 Å². The number of hydrogen-bond donors (Lipinski definition) is 1. The molecule has 0 saturated heterocycles. The predicted molar refractivity (Wildman–Crippen MR) is 86.6 cm³/mol. The lowest BCUT2D eigenvalue weighted by atomic mass is 10.2. The minimum atomic E-state index is -3.67. The number of nitrogens with one attached hydrogen (secondary N) is 1. The maximum absolute atomic E-state index is 12.4. The smallest absolute Gasteiger partial charge is 0.242 e. The van der Waals surface area contributed by atoms with Crippen LogP contribution in [0.5, 0.6) is 5.88 Å². The molecular formula is C16H15N3O3S. The molecule has 0 aliphatic carbocycles. The summed E-state index contributed by atoms with van der Waals surface area (Å²) in [5.41, 5.74) is 1.41. The molecule has 0 atom stereocenters. The molecule has 6 nitrogen and oxygen atoms in total. The Bertz CT molecular complexity index is 942. The largest absolute Gasteiger partial charge is 0.481 e. The first-order chi connectivity index (χ1) is 11.1. The fourth-order valence-electron chi connectivity index (χ4n) is 2.20. The van der Waals surface area contributed by atoms with Crippen molar-refractivity contribution < 1.29 is 13.2 Å². The van der Waals surface area contributed by atoms with Crippen molar-refractivity contribution in [3.05, 3.63) is 60.4 Å². The van der Waals surface area contributed by atoms with Gasteiger partial charge in [-0.15, -0.1) is 0 Å². The average molecular weight is 329 g/mol. The summed E-state index contributed by atoms with van der Waals surface area (Å²) >= 11 is 0. The van der Waals surface area contributed by atoms with Crippen molar-refractivity contribution in [3.63, 3.8) is 0 Å². The third kappa shape index (κ3) is 3.30. The van der Waals surface area contributed by atoms with Gasteiger partial charge >= 0.3 is 0 Å². The van der Waals surface area contributed by atoms with Gasteiger partial charge in [0.1, 0.15) is 4.90 Å². The normalized spacial score (nSPS) is 11.5. The molecule has 3 aromatic rings. The molecule has 0 aliphatic heterocycles. The second kappa shape index (κ2) is 6.31. The number of pyridine rings is 2. The molecule has 0 saturated carbocycles. The summed E-state index contributed by atoms with van der Waals surface area (Å²) in [6, 6.07) is 12.4. The molecule has 0 amide bonds. The van der Waals surface area contributed by atoms with Crippen LogP contribution < -0.4 is 9.46 Å². The summed E-state index contributed by atoms with van der Waals surface area (Å²) in [6.45, 7) is 0.0895. The summed E-state index contributed by atoms with van der Waals surface area (Å²) in [4.78, 5) is 8.35. The van der Waals surface area contributed by atoms with E-state index in [-0.39, 0.29) is 11.4 Å². The molecule has 0 unspecified atom stereocenters. The van der Waals surface area contributed by atoms with Crippen molar-refractivity contribution in [2.24, 2.45) is 0 Å². The van der Waals surface area contributed by atoms with E-state index in [1.807, 2.05) is 24.3 Å². The summed E-state index contributed by atoms with van der Waals surface area (Å²) < 4.78 is 32.5. The van der Waals surface area contributed by atoms with E-state index in [9.17, 15) is 8.42 Å². The van der Waals surface area contributed by atoms with E-state index in [2.05, 4.69) is 14.7 Å². The topological polar surface area (TPSA) is 81.2 Å². The third-order valence-electron chi connectivity index (χ3n) is 3.37. The Hall–Kier alpha value is -2.51. The van der Waals surface area contributed by atoms with E-state index in [0.717, 1.165) is 10.9 Å². The molecule has 118 valence electrons. The predicted octanol–water partition coefficient (Wildman–Crippen LogP) is 2.12. The Morgan fingerprint density at radius 2 is 1.96 bits per heavy atom. The van der Waals surface area contributed by atoms with E-state index in [0.29, 0.717) is 11.4 Å². The number of para-hydroxylation sites is 1. The molecule has 0 aliphatic rings. The zero-order chi connectivity index (χ0) is 16.3. The van der Waals surface area contributed by atoms with Gasteiger partial charge in [0.05, 0.1) is 12.6 Å². The van der Waals surface area contributed by atoms with Gasteiger partial charge in [0, 0.05) is 29.9 Å². The van der Waals surface area contributed by atoms with Crippen LogP contribution in [0.2, 0.25) is 0 Å². The summed E-state index contributed by atoms with van der Waals surface area (Å²) in [7, 11) is -2.18. The van der Waals surface area contributed by atoms with Crippen molar-refractivity contribution in [1.29, 1.82) is 0 Å². The first-order valence-corrected chi connectivity index (χ1v) is 8.41. The standard InChI is InChI=1S/C16H15N3O3S/c1-22-16-13(6-4-8-17-16)10-19-23(20,21)14-9-12-5-2-3-7-15(12)18-11-14/h2-9,11,19H,10H2,1H3.